The highest BCUT2D eigenvalue weighted by Gasteiger charge is 2.27. The predicted octanol–water partition coefficient (Wildman–Crippen LogP) is 1.57. The van der Waals surface area contributed by atoms with Crippen molar-refractivity contribution in [1.29, 1.82) is 0 Å². The summed E-state index contributed by atoms with van der Waals surface area (Å²) >= 11 is 11.9. The number of nitrogens with two attached hydrogens (primary N) is 1. The highest BCUT2D eigenvalue weighted by Crippen LogP contribution is 2.30. The van der Waals surface area contributed by atoms with Gasteiger partial charge in [0.15, 0.2) is 9.84 Å². The van der Waals surface area contributed by atoms with Crippen molar-refractivity contribution in [1.82, 2.24) is 4.90 Å². The van der Waals surface area contributed by atoms with E-state index in [4.69, 9.17) is 28.9 Å². The second-order valence-corrected chi connectivity index (χ2v) is 7.63. The minimum Gasteiger partial charge on any atom is -0.337 e. The van der Waals surface area contributed by atoms with Gasteiger partial charge in [0.25, 0.3) is 5.91 Å². The van der Waals surface area contributed by atoms with Gasteiger partial charge in [-0.3, -0.25) is 4.79 Å². The Morgan fingerprint density at radius 3 is 2.50 bits per heavy atom. The van der Waals surface area contributed by atoms with Crippen molar-refractivity contribution in [2.75, 3.05) is 19.3 Å². The first-order valence-electron chi connectivity index (χ1n) is 5.94. The van der Waals surface area contributed by atoms with Crippen LogP contribution >= 0.6 is 23.2 Å². The fourth-order valence-electron chi connectivity index (χ4n) is 2.12. The Bertz CT molecular complexity index is 661. The Labute approximate surface area is 127 Å². The molecule has 5 nitrogen and oxygen atoms in total. The monoisotopic (exact) mass is 336 g/mol. The molecule has 1 heterocycles. The van der Waals surface area contributed by atoms with Gasteiger partial charge >= 0.3 is 0 Å². The Hall–Kier alpha value is -0.820. The summed E-state index contributed by atoms with van der Waals surface area (Å²) in [4.78, 5) is 13.8. The largest absolute Gasteiger partial charge is 0.337 e. The van der Waals surface area contributed by atoms with E-state index in [0.717, 1.165) is 12.7 Å². The lowest BCUT2D eigenvalue weighted by atomic mass is 10.2. The van der Waals surface area contributed by atoms with Crippen LogP contribution in [0.2, 0.25) is 10.0 Å². The van der Waals surface area contributed by atoms with Crippen molar-refractivity contribution >= 4 is 38.9 Å². The minimum absolute atomic E-state index is 0.00664. The van der Waals surface area contributed by atoms with Gasteiger partial charge in [-0.25, -0.2) is 8.42 Å². The molecule has 0 saturated carbocycles. The molecule has 1 aliphatic rings. The van der Waals surface area contributed by atoms with Gasteiger partial charge in [-0.2, -0.15) is 0 Å². The zero-order valence-electron chi connectivity index (χ0n) is 10.8. The molecule has 0 aromatic heterocycles. The van der Waals surface area contributed by atoms with Gasteiger partial charge in [-0.1, -0.05) is 23.2 Å². The van der Waals surface area contributed by atoms with Crippen LogP contribution in [0.5, 0.6) is 0 Å². The van der Waals surface area contributed by atoms with E-state index in [-0.39, 0.29) is 32.5 Å². The summed E-state index contributed by atoms with van der Waals surface area (Å²) in [5.74, 6) is -0.329. The number of halogens is 2. The maximum Gasteiger partial charge on any atom is 0.255 e. The maximum atomic E-state index is 12.4. The minimum atomic E-state index is -3.53. The Morgan fingerprint density at radius 2 is 2.00 bits per heavy atom. The molecule has 110 valence electrons. The van der Waals surface area contributed by atoms with Crippen LogP contribution in [0.25, 0.3) is 0 Å². The second kappa shape index (κ2) is 5.52. The van der Waals surface area contributed by atoms with Crippen molar-refractivity contribution in [3.05, 3.63) is 27.7 Å². The van der Waals surface area contributed by atoms with Gasteiger partial charge in [0.2, 0.25) is 0 Å². The van der Waals surface area contributed by atoms with Gasteiger partial charge in [-0.05, 0) is 18.6 Å². The van der Waals surface area contributed by atoms with E-state index in [9.17, 15) is 13.2 Å². The number of rotatable bonds is 2. The lowest BCUT2D eigenvalue weighted by Crippen LogP contribution is -2.32. The lowest BCUT2D eigenvalue weighted by molar-refractivity contribution is 0.0791. The maximum absolute atomic E-state index is 12.4. The molecule has 1 aromatic carbocycles. The summed E-state index contributed by atoms with van der Waals surface area (Å²) in [6.45, 7) is 0.971. The van der Waals surface area contributed by atoms with Crippen LogP contribution in [-0.2, 0) is 9.84 Å². The highest BCUT2D eigenvalue weighted by atomic mass is 35.5. The van der Waals surface area contributed by atoms with E-state index in [1.165, 1.54) is 12.1 Å². The van der Waals surface area contributed by atoms with E-state index >= 15 is 0 Å². The summed E-state index contributed by atoms with van der Waals surface area (Å²) in [7, 11) is -3.53. The molecular weight excluding hydrogens is 323 g/mol. The molecule has 1 aliphatic heterocycles. The van der Waals surface area contributed by atoms with Crippen molar-refractivity contribution in [3.8, 4) is 0 Å². The molecule has 2 N–H and O–H groups in total. The topological polar surface area (TPSA) is 80.5 Å². The third-order valence-electron chi connectivity index (χ3n) is 3.16. The van der Waals surface area contributed by atoms with Crippen LogP contribution in [0, 0.1) is 0 Å². The quantitative estimate of drug-likeness (QED) is 0.888. The smallest absolute Gasteiger partial charge is 0.255 e. The molecule has 8 heteroatoms. The zero-order valence-corrected chi connectivity index (χ0v) is 13.1. The molecule has 0 spiro atoms. The SMILES string of the molecule is CS(=O)(=O)c1cc(C(=O)N2CCC(N)C2)c(Cl)cc1Cl. The average molecular weight is 337 g/mol. The molecule has 1 aromatic rings. The average Bonchev–Trinajstić information content (AvgIpc) is 2.73. The summed E-state index contributed by atoms with van der Waals surface area (Å²) in [6, 6.07) is 2.45. The Morgan fingerprint density at radius 1 is 1.35 bits per heavy atom. The molecule has 0 bridgehead atoms. The molecule has 1 saturated heterocycles. The molecule has 20 heavy (non-hydrogen) atoms. The second-order valence-electron chi connectivity index (χ2n) is 4.83. The van der Waals surface area contributed by atoms with E-state index < -0.39 is 9.84 Å². The highest BCUT2D eigenvalue weighted by molar-refractivity contribution is 7.90. The first kappa shape index (κ1) is 15.6. The van der Waals surface area contributed by atoms with Gasteiger partial charge in [0.05, 0.1) is 20.5 Å². The van der Waals surface area contributed by atoms with Crippen LogP contribution in [0.3, 0.4) is 0 Å². The molecule has 0 aliphatic carbocycles. The van der Waals surface area contributed by atoms with Crippen molar-refractivity contribution < 1.29 is 13.2 Å². The first-order chi connectivity index (χ1) is 9.20. The summed E-state index contributed by atoms with van der Waals surface area (Å²) in [6.07, 6.45) is 1.75. The number of sulfone groups is 1. The number of hydrogen-bond donors (Lipinski definition) is 1. The van der Waals surface area contributed by atoms with E-state index in [1.54, 1.807) is 4.90 Å². The summed E-state index contributed by atoms with van der Waals surface area (Å²) in [5.41, 5.74) is 5.89. The normalized spacial score (nSPS) is 19.4. The van der Waals surface area contributed by atoms with E-state index in [1.807, 2.05) is 0 Å². The molecule has 1 fully saturated rings. The molecule has 1 amide bonds. The van der Waals surface area contributed by atoms with Crippen LogP contribution in [0.4, 0.5) is 0 Å². The molecule has 0 radical (unpaired) electrons. The summed E-state index contributed by atoms with van der Waals surface area (Å²) < 4.78 is 23.3. The number of nitrogens with zero attached hydrogens (tertiary/aromatic N) is 1. The lowest BCUT2D eigenvalue weighted by Gasteiger charge is -2.17. The number of carbonyl (C=O) groups is 1. The number of benzene rings is 1. The zero-order chi connectivity index (χ0) is 15.1. The van der Waals surface area contributed by atoms with Crippen molar-refractivity contribution in [3.63, 3.8) is 0 Å². The van der Waals surface area contributed by atoms with Crippen molar-refractivity contribution in [2.45, 2.75) is 17.4 Å². The number of likely N-dealkylation sites (tertiary alicyclic amines) is 1. The van der Waals surface area contributed by atoms with Gasteiger partial charge in [0.1, 0.15) is 0 Å². The number of carbonyl (C=O) groups excluding carboxylic acids is 1. The number of hydrogen-bond acceptors (Lipinski definition) is 4. The van der Waals surface area contributed by atoms with E-state index in [2.05, 4.69) is 0 Å². The van der Waals surface area contributed by atoms with Crippen LogP contribution < -0.4 is 5.73 Å². The van der Waals surface area contributed by atoms with Crippen LogP contribution in [-0.4, -0.2) is 44.6 Å². The van der Waals surface area contributed by atoms with E-state index in [0.29, 0.717) is 13.1 Å². The Kier molecular flexibility index (Phi) is 4.30. The van der Waals surface area contributed by atoms with Gasteiger partial charge < -0.3 is 10.6 Å². The first-order valence-corrected chi connectivity index (χ1v) is 8.59. The molecule has 1 unspecified atom stereocenters. The predicted molar refractivity (Wildman–Crippen MR) is 78.1 cm³/mol. The fraction of sp³-hybridized carbons (Fsp3) is 0.417. The Balaban J connectivity index is 2.44. The standard InChI is InChI=1S/C12H14Cl2N2O3S/c1-20(18,19)11-4-8(9(13)5-10(11)14)12(17)16-3-2-7(15)6-16/h4-5,7H,2-3,6,15H2,1H3. The number of amides is 1. The third-order valence-corrected chi connectivity index (χ3v) is 5.04. The van der Waals surface area contributed by atoms with Crippen molar-refractivity contribution in [2.24, 2.45) is 5.73 Å². The third kappa shape index (κ3) is 3.09. The molecular formula is C12H14Cl2N2O3S. The van der Waals surface area contributed by atoms with Crippen LogP contribution in [0.1, 0.15) is 16.8 Å². The fourth-order valence-corrected chi connectivity index (χ4v) is 3.75. The van der Waals surface area contributed by atoms with Gasteiger partial charge in [0, 0.05) is 25.4 Å². The van der Waals surface area contributed by atoms with Gasteiger partial charge in [-0.15, -0.1) is 0 Å². The molecule has 2 rings (SSSR count). The van der Waals surface area contributed by atoms with Crippen LogP contribution in [0.15, 0.2) is 17.0 Å². The molecule has 1 atom stereocenters. The summed E-state index contributed by atoms with van der Waals surface area (Å²) in [5, 5.41) is 0.139.